The summed E-state index contributed by atoms with van der Waals surface area (Å²) in [5.74, 6) is -1.06. The van der Waals surface area contributed by atoms with Crippen molar-refractivity contribution >= 4 is 27.7 Å². The predicted molar refractivity (Wildman–Crippen MR) is 110 cm³/mol. The molecule has 1 atom stereocenters. The SMILES string of the molecule is O=C(O)c1cc2c(nc(Cn3ncc(-c4cccc(F)n4)cc3=O)n2CC2CCO2)s1. The van der Waals surface area contributed by atoms with E-state index < -0.39 is 11.9 Å². The van der Waals surface area contributed by atoms with Crippen LogP contribution >= 0.6 is 11.3 Å². The van der Waals surface area contributed by atoms with Crippen molar-refractivity contribution in [2.45, 2.75) is 25.6 Å². The fraction of sp³-hybridized carbons (Fsp3) is 0.250. The maximum absolute atomic E-state index is 13.4. The van der Waals surface area contributed by atoms with Gasteiger partial charge in [-0.1, -0.05) is 6.07 Å². The molecule has 4 aromatic heterocycles. The third kappa shape index (κ3) is 3.73. The standard InChI is InChI=1S/C20H16FN5O4S/c21-16-3-1-2-13(23-16)11-6-18(27)26(22-8-11)10-17-24-19-14(7-15(31-19)20(28)29)25(17)9-12-4-5-30-12/h1-3,6-8,12H,4-5,9-10H2,(H,28,29). The molecule has 1 aliphatic rings. The Balaban J connectivity index is 1.49. The zero-order chi connectivity index (χ0) is 21.5. The number of carboxylic acids is 1. The average Bonchev–Trinajstić information content (AvgIpc) is 3.25. The van der Waals surface area contributed by atoms with Crippen molar-refractivity contribution in [1.82, 2.24) is 24.3 Å². The molecule has 31 heavy (non-hydrogen) atoms. The second-order valence-electron chi connectivity index (χ2n) is 7.11. The minimum absolute atomic E-state index is 0.0236. The number of carboxylic acid groups (broad SMARTS) is 1. The van der Waals surface area contributed by atoms with Crippen LogP contribution < -0.4 is 5.56 Å². The Morgan fingerprint density at radius 3 is 2.84 bits per heavy atom. The molecule has 5 heterocycles. The Morgan fingerprint density at radius 2 is 2.16 bits per heavy atom. The first-order valence-corrected chi connectivity index (χ1v) is 10.3. The number of ether oxygens (including phenoxy) is 1. The topological polar surface area (TPSA) is 112 Å². The minimum atomic E-state index is -1.00. The highest BCUT2D eigenvalue weighted by atomic mass is 32.1. The van der Waals surface area contributed by atoms with Gasteiger partial charge in [-0.15, -0.1) is 11.3 Å². The largest absolute Gasteiger partial charge is 0.477 e. The number of aromatic carboxylic acids is 1. The van der Waals surface area contributed by atoms with Crippen LogP contribution in [0.5, 0.6) is 0 Å². The lowest BCUT2D eigenvalue weighted by atomic mass is 10.2. The van der Waals surface area contributed by atoms with Gasteiger partial charge in [-0.05, 0) is 24.6 Å². The molecule has 4 aromatic rings. The summed E-state index contributed by atoms with van der Waals surface area (Å²) in [5, 5.41) is 13.5. The quantitative estimate of drug-likeness (QED) is 0.457. The molecule has 11 heteroatoms. The Labute approximate surface area is 178 Å². The lowest BCUT2D eigenvalue weighted by Crippen LogP contribution is -2.32. The number of rotatable bonds is 6. The van der Waals surface area contributed by atoms with Crippen LogP contribution in [0.25, 0.3) is 21.6 Å². The molecule has 1 unspecified atom stereocenters. The fourth-order valence-corrected chi connectivity index (χ4v) is 4.31. The molecule has 5 rings (SSSR count). The van der Waals surface area contributed by atoms with Crippen LogP contribution in [0.1, 0.15) is 21.9 Å². The summed E-state index contributed by atoms with van der Waals surface area (Å²) in [6.07, 6.45) is 2.38. The summed E-state index contributed by atoms with van der Waals surface area (Å²) >= 11 is 1.09. The molecule has 1 N–H and O–H groups in total. The molecular formula is C20H16FN5O4S. The number of thiophene rings is 1. The first kappa shape index (κ1) is 19.5. The van der Waals surface area contributed by atoms with Crippen LogP contribution in [-0.2, 0) is 17.8 Å². The molecule has 0 bridgehead atoms. The fourth-order valence-electron chi connectivity index (χ4n) is 3.42. The van der Waals surface area contributed by atoms with E-state index in [9.17, 15) is 19.1 Å². The molecule has 1 aliphatic heterocycles. The maximum Gasteiger partial charge on any atom is 0.346 e. The van der Waals surface area contributed by atoms with Gasteiger partial charge in [0.2, 0.25) is 5.95 Å². The van der Waals surface area contributed by atoms with Gasteiger partial charge in [0.05, 0.1) is 30.1 Å². The summed E-state index contributed by atoms with van der Waals surface area (Å²) in [5.41, 5.74) is 1.05. The second kappa shape index (κ2) is 7.67. The highest BCUT2D eigenvalue weighted by Gasteiger charge is 2.24. The molecule has 9 nitrogen and oxygen atoms in total. The number of halogens is 1. The highest BCUT2D eigenvalue weighted by molar-refractivity contribution is 7.20. The molecule has 1 saturated heterocycles. The van der Waals surface area contributed by atoms with Crippen LogP contribution in [0.15, 0.2) is 41.3 Å². The van der Waals surface area contributed by atoms with Crippen molar-refractivity contribution in [2.24, 2.45) is 0 Å². The summed E-state index contributed by atoms with van der Waals surface area (Å²) in [7, 11) is 0. The van der Waals surface area contributed by atoms with E-state index in [1.807, 2.05) is 4.57 Å². The normalized spacial score (nSPS) is 15.8. The van der Waals surface area contributed by atoms with Crippen LogP contribution in [0, 0.1) is 5.95 Å². The van der Waals surface area contributed by atoms with Gasteiger partial charge in [0.1, 0.15) is 22.1 Å². The Morgan fingerprint density at radius 1 is 1.32 bits per heavy atom. The zero-order valence-electron chi connectivity index (χ0n) is 16.1. The number of pyridine rings is 1. The molecule has 0 spiro atoms. The van der Waals surface area contributed by atoms with Gasteiger partial charge < -0.3 is 14.4 Å². The van der Waals surface area contributed by atoms with Crippen LogP contribution in [0.2, 0.25) is 0 Å². The summed E-state index contributed by atoms with van der Waals surface area (Å²) in [6.45, 7) is 1.31. The molecule has 1 fully saturated rings. The second-order valence-corrected chi connectivity index (χ2v) is 8.14. The molecule has 0 aliphatic carbocycles. The van der Waals surface area contributed by atoms with Gasteiger partial charge in [-0.25, -0.2) is 19.4 Å². The van der Waals surface area contributed by atoms with E-state index in [1.54, 1.807) is 12.1 Å². The van der Waals surface area contributed by atoms with E-state index >= 15 is 0 Å². The van der Waals surface area contributed by atoms with Gasteiger partial charge in [-0.3, -0.25) is 4.79 Å². The van der Waals surface area contributed by atoms with Crippen molar-refractivity contribution in [1.29, 1.82) is 0 Å². The van der Waals surface area contributed by atoms with E-state index in [0.717, 1.165) is 17.8 Å². The number of fused-ring (bicyclic) bond motifs is 1. The monoisotopic (exact) mass is 441 g/mol. The number of carbonyl (C=O) groups is 1. The lowest BCUT2D eigenvalue weighted by molar-refractivity contribution is -0.0590. The third-order valence-electron chi connectivity index (χ3n) is 5.09. The number of imidazole rings is 1. The Hall–Kier alpha value is -3.44. The Bertz CT molecular complexity index is 1360. The van der Waals surface area contributed by atoms with Crippen LogP contribution in [0.3, 0.4) is 0 Å². The zero-order valence-corrected chi connectivity index (χ0v) is 16.9. The van der Waals surface area contributed by atoms with Crippen LogP contribution in [-0.4, -0.2) is 48.1 Å². The van der Waals surface area contributed by atoms with Crippen molar-refractivity contribution in [3.63, 3.8) is 0 Å². The van der Waals surface area contributed by atoms with E-state index in [1.165, 1.54) is 29.1 Å². The minimum Gasteiger partial charge on any atom is -0.477 e. The third-order valence-corrected chi connectivity index (χ3v) is 6.09. The van der Waals surface area contributed by atoms with Gasteiger partial charge in [-0.2, -0.15) is 9.49 Å². The first-order chi connectivity index (χ1) is 15.0. The van der Waals surface area contributed by atoms with Crippen molar-refractivity contribution in [2.75, 3.05) is 6.61 Å². The first-order valence-electron chi connectivity index (χ1n) is 9.52. The summed E-state index contributed by atoms with van der Waals surface area (Å²) in [4.78, 5) is 33.1. The highest BCUT2D eigenvalue weighted by Crippen LogP contribution is 2.28. The molecule has 158 valence electrons. The number of hydrogen-bond acceptors (Lipinski definition) is 7. The van der Waals surface area contributed by atoms with Gasteiger partial charge in [0, 0.05) is 18.2 Å². The van der Waals surface area contributed by atoms with E-state index in [-0.39, 0.29) is 23.1 Å². The van der Waals surface area contributed by atoms with E-state index in [0.29, 0.717) is 40.6 Å². The average molecular weight is 441 g/mol. The Kier molecular flexibility index (Phi) is 4.83. The van der Waals surface area contributed by atoms with Gasteiger partial charge in [0.15, 0.2) is 0 Å². The molecular weight excluding hydrogens is 425 g/mol. The predicted octanol–water partition coefficient (Wildman–Crippen LogP) is 2.39. The van der Waals surface area contributed by atoms with Gasteiger partial charge in [0.25, 0.3) is 5.56 Å². The van der Waals surface area contributed by atoms with Crippen molar-refractivity contribution in [3.05, 3.63) is 63.5 Å². The smallest absolute Gasteiger partial charge is 0.346 e. The molecule has 0 radical (unpaired) electrons. The summed E-state index contributed by atoms with van der Waals surface area (Å²) in [6, 6.07) is 7.28. The maximum atomic E-state index is 13.4. The van der Waals surface area contributed by atoms with E-state index in [4.69, 9.17) is 4.74 Å². The van der Waals surface area contributed by atoms with Gasteiger partial charge >= 0.3 is 5.97 Å². The van der Waals surface area contributed by atoms with Crippen LogP contribution in [0.4, 0.5) is 4.39 Å². The molecule has 0 aromatic carbocycles. The summed E-state index contributed by atoms with van der Waals surface area (Å²) < 4.78 is 22.0. The molecule has 0 amide bonds. The van der Waals surface area contributed by atoms with Crippen molar-refractivity contribution in [3.8, 4) is 11.3 Å². The number of aromatic nitrogens is 5. The molecule has 0 saturated carbocycles. The number of hydrogen-bond donors (Lipinski definition) is 1. The van der Waals surface area contributed by atoms with Crippen molar-refractivity contribution < 1.29 is 19.0 Å². The lowest BCUT2D eigenvalue weighted by Gasteiger charge is -2.27. The van der Waals surface area contributed by atoms with E-state index in [2.05, 4.69) is 15.1 Å². The number of nitrogens with zero attached hydrogens (tertiary/aromatic N) is 5.